The zero-order valence-corrected chi connectivity index (χ0v) is 8.90. The third kappa shape index (κ3) is 1.93. The second-order valence-corrected chi connectivity index (χ2v) is 3.55. The Morgan fingerprint density at radius 3 is 3.00 bits per heavy atom. The number of nitrogen functional groups attached to an aromatic ring is 1. The molecule has 0 atom stereocenters. The first-order valence-corrected chi connectivity index (χ1v) is 4.85. The Kier molecular flexibility index (Phi) is 2.68. The van der Waals surface area contributed by atoms with Gasteiger partial charge in [0.25, 0.3) is 0 Å². The summed E-state index contributed by atoms with van der Waals surface area (Å²) in [7, 11) is 0. The summed E-state index contributed by atoms with van der Waals surface area (Å²) in [6, 6.07) is 1.85. The van der Waals surface area contributed by atoms with Gasteiger partial charge in [0.1, 0.15) is 0 Å². The summed E-state index contributed by atoms with van der Waals surface area (Å²) in [5.74, 6) is 0. The first-order chi connectivity index (χ1) is 7.68. The zero-order chi connectivity index (χ0) is 11.5. The molecule has 0 unspecified atom stereocenters. The number of furan rings is 1. The van der Waals surface area contributed by atoms with Gasteiger partial charge in [-0.1, -0.05) is 0 Å². The van der Waals surface area contributed by atoms with Gasteiger partial charge >= 0.3 is 0 Å². The molecule has 0 saturated carbocycles. The molecule has 5 nitrogen and oxygen atoms in total. The van der Waals surface area contributed by atoms with Crippen molar-refractivity contribution >= 4 is 11.4 Å². The summed E-state index contributed by atoms with van der Waals surface area (Å²) in [5.41, 5.74) is 9.13. The molecule has 16 heavy (non-hydrogen) atoms. The second kappa shape index (κ2) is 4.14. The number of hydrogen-bond acceptors (Lipinski definition) is 5. The van der Waals surface area contributed by atoms with Crippen LogP contribution in [0.1, 0.15) is 23.7 Å². The normalized spacial score (nSPS) is 10.3. The highest BCUT2D eigenvalue weighted by Crippen LogP contribution is 2.17. The van der Waals surface area contributed by atoms with Gasteiger partial charge in [0.15, 0.2) is 0 Å². The minimum atomic E-state index is 0.390. The quantitative estimate of drug-likeness (QED) is 0.763. The number of nitrogens with one attached hydrogen (secondary N) is 1. The monoisotopic (exact) mass is 216 g/mol. The van der Waals surface area contributed by atoms with Gasteiger partial charge in [0, 0.05) is 17.7 Å². The number of rotatable bonds is 3. The van der Waals surface area contributed by atoms with Crippen molar-refractivity contribution in [1.82, 2.24) is 10.2 Å². The van der Waals surface area contributed by atoms with Crippen molar-refractivity contribution in [1.29, 1.82) is 5.41 Å². The van der Waals surface area contributed by atoms with Crippen LogP contribution in [0.15, 0.2) is 29.2 Å². The molecule has 0 aromatic carbocycles. The van der Waals surface area contributed by atoms with E-state index >= 15 is 0 Å². The molecule has 2 aromatic heterocycles. The van der Waals surface area contributed by atoms with Gasteiger partial charge < -0.3 is 15.6 Å². The zero-order valence-electron chi connectivity index (χ0n) is 8.90. The summed E-state index contributed by atoms with van der Waals surface area (Å²) in [5, 5.41) is 15.4. The Balaban J connectivity index is 2.35. The van der Waals surface area contributed by atoms with Crippen LogP contribution in [0.25, 0.3) is 0 Å². The predicted molar refractivity (Wildman–Crippen MR) is 60.5 cm³/mol. The van der Waals surface area contributed by atoms with E-state index in [1.54, 1.807) is 19.5 Å². The SMILES string of the molecule is CC(=N)c1cnnc(Cc2ccoc2)c1N. The fourth-order valence-electron chi connectivity index (χ4n) is 1.45. The van der Waals surface area contributed by atoms with Crippen molar-refractivity contribution in [2.24, 2.45) is 0 Å². The molecule has 0 aliphatic heterocycles. The second-order valence-electron chi connectivity index (χ2n) is 3.55. The molecular formula is C11H12N4O. The molecule has 5 heteroatoms. The average molecular weight is 216 g/mol. The van der Waals surface area contributed by atoms with Gasteiger partial charge in [-0.2, -0.15) is 10.2 Å². The number of anilines is 1. The lowest BCUT2D eigenvalue weighted by atomic mass is 10.1. The van der Waals surface area contributed by atoms with Gasteiger partial charge in [0.05, 0.1) is 30.1 Å². The lowest BCUT2D eigenvalue weighted by Gasteiger charge is -2.06. The third-order valence-electron chi connectivity index (χ3n) is 2.32. The predicted octanol–water partition coefficient (Wildman–Crippen LogP) is 1.63. The summed E-state index contributed by atoms with van der Waals surface area (Å²) < 4.78 is 4.97. The van der Waals surface area contributed by atoms with E-state index in [-0.39, 0.29) is 0 Å². The minimum Gasteiger partial charge on any atom is -0.472 e. The van der Waals surface area contributed by atoms with Gasteiger partial charge in [-0.05, 0) is 18.6 Å². The van der Waals surface area contributed by atoms with Crippen molar-refractivity contribution in [2.45, 2.75) is 13.3 Å². The minimum absolute atomic E-state index is 0.390. The molecule has 2 rings (SSSR count). The van der Waals surface area contributed by atoms with E-state index in [4.69, 9.17) is 15.6 Å². The van der Waals surface area contributed by atoms with E-state index in [0.717, 1.165) is 5.56 Å². The van der Waals surface area contributed by atoms with E-state index in [1.807, 2.05) is 6.07 Å². The van der Waals surface area contributed by atoms with E-state index in [2.05, 4.69) is 10.2 Å². The van der Waals surface area contributed by atoms with Crippen LogP contribution < -0.4 is 5.73 Å². The van der Waals surface area contributed by atoms with Crippen LogP contribution in [0, 0.1) is 5.41 Å². The van der Waals surface area contributed by atoms with Crippen molar-refractivity contribution in [3.8, 4) is 0 Å². The highest BCUT2D eigenvalue weighted by Gasteiger charge is 2.10. The van der Waals surface area contributed by atoms with E-state index in [1.165, 1.54) is 6.20 Å². The molecular weight excluding hydrogens is 204 g/mol. The number of aromatic nitrogens is 2. The summed E-state index contributed by atoms with van der Waals surface area (Å²) in [6.45, 7) is 1.68. The van der Waals surface area contributed by atoms with Crippen LogP contribution in [0.3, 0.4) is 0 Å². The Morgan fingerprint density at radius 2 is 2.38 bits per heavy atom. The fraction of sp³-hybridized carbons (Fsp3) is 0.182. The molecule has 3 N–H and O–H groups in total. The van der Waals surface area contributed by atoms with Crippen LogP contribution in [0.2, 0.25) is 0 Å². The lowest BCUT2D eigenvalue weighted by molar-refractivity contribution is 0.564. The van der Waals surface area contributed by atoms with Gasteiger partial charge in [0.2, 0.25) is 0 Å². The molecule has 82 valence electrons. The Bertz CT molecular complexity index is 505. The number of nitrogens with zero attached hydrogens (tertiary/aromatic N) is 2. The molecule has 0 fully saturated rings. The van der Waals surface area contributed by atoms with Gasteiger partial charge in [-0.3, -0.25) is 0 Å². The van der Waals surface area contributed by atoms with Crippen molar-refractivity contribution in [3.05, 3.63) is 41.6 Å². The molecule has 0 amide bonds. The van der Waals surface area contributed by atoms with Crippen LogP contribution in [0.5, 0.6) is 0 Å². The Labute approximate surface area is 92.8 Å². The first kappa shape index (κ1) is 10.4. The first-order valence-electron chi connectivity index (χ1n) is 4.85. The molecule has 0 saturated heterocycles. The molecule has 0 aliphatic carbocycles. The topological polar surface area (TPSA) is 88.8 Å². The lowest BCUT2D eigenvalue weighted by Crippen LogP contribution is -2.07. The smallest absolute Gasteiger partial charge is 0.0938 e. The van der Waals surface area contributed by atoms with E-state index < -0.39 is 0 Å². The van der Waals surface area contributed by atoms with Crippen molar-refractivity contribution < 1.29 is 4.42 Å². The molecule has 0 bridgehead atoms. The maximum Gasteiger partial charge on any atom is 0.0938 e. The molecule has 2 heterocycles. The molecule has 0 aliphatic rings. The van der Waals surface area contributed by atoms with Gasteiger partial charge in [-0.25, -0.2) is 0 Å². The van der Waals surface area contributed by atoms with E-state index in [9.17, 15) is 0 Å². The Morgan fingerprint density at radius 1 is 1.56 bits per heavy atom. The number of nitrogens with two attached hydrogens (primary N) is 1. The highest BCUT2D eigenvalue weighted by atomic mass is 16.3. The van der Waals surface area contributed by atoms with Crippen LogP contribution in [-0.4, -0.2) is 15.9 Å². The molecule has 2 aromatic rings. The fourth-order valence-corrected chi connectivity index (χ4v) is 1.45. The van der Waals surface area contributed by atoms with Crippen molar-refractivity contribution in [3.63, 3.8) is 0 Å². The molecule has 0 radical (unpaired) electrons. The maximum absolute atomic E-state index is 7.56. The largest absolute Gasteiger partial charge is 0.472 e. The Hall–Kier alpha value is -2.17. The van der Waals surface area contributed by atoms with Crippen molar-refractivity contribution in [2.75, 3.05) is 5.73 Å². The maximum atomic E-state index is 7.56. The highest BCUT2D eigenvalue weighted by molar-refractivity contribution is 6.00. The summed E-state index contributed by atoms with van der Waals surface area (Å²) in [4.78, 5) is 0. The van der Waals surface area contributed by atoms with E-state index in [0.29, 0.717) is 29.1 Å². The molecule has 0 spiro atoms. The number of hydrogen-bond donors (Lipinski definition) is 2. The summed E-state index contributed by atoms with van der Waals surface area (Å²) in [6.07, 6.45) is 5.32. The average Bonchev–Trinajstić information content (AvgIpc) is 2.73. The van der Waals surface area contributed by atoms with Crippen LogP contribution >= 0.6 is 0 Å². The van der Waals surface area contributed by atoms with Crippen LogP contribution in [-0.2, 0) is 6.42 Å². The van der Waals surface area contributed by atoms with Crippen LogP contribution in [0.4, 0.5) is 5.69 Å². The summed E-state index contributed by atoms with van der Waals surface area (Å²) >= 11 is 0. The third-order valence-corrected chi connectivity index (χ3v) is 2.32. The van der Waals surface area contributed by atoms with Gasteiger partial charge in [-0.15, -0.1) is 0 Å². The standard InChI is InChI=1S/C11H12N4O/c1-7(12)9-5-14-15-10(11(9)13)4-8-2-3-16-6-8/h2-3,5-6,12H,4H2,1H3,(H2,13,14).